The molecule has 1 saturated carbocycles. The van der Waals surface area contributed by atoms with Crippen molar-refractivity contribution in [2.24, 2.45) is 17.0 Å². The number of carbonyl (C=O) groups is 1. The van der Waals surface area contributed by atoms with Crippen molar-refractivity contribution in [2.75, 3.05) is 12.9 Å². The van der Waals surface area contributed by atoms with Gasteiger partial charge in [0, 0.05) is 35.5 Å². The number of aliphatic hydroxyl groups is 2. The molecular weight excluding hydrogens is 440 g/mol. The van der Waals surface area contributed by atoms with Crippen LogP contribution >= 0.6 is 11.8 Å². The lowest BCUT2D eigenvalue weighted by Gasteiger charge is -2.21. The molecule has 6 nitrogen and oxygen atoms in total. The van der Waals surface area contributed by atoms with Gasteiger partial charge in [-0.3, -0.25) is 4.79 Å². The molecule has 3 N–H and O–H groups in total. The molecule has 178 valence electrons. The molecule has 1 aromatic carbocycles. The predicted octanol–water partition coefficient (Wildman–Crippen LogP) is 4.31. The van der Waals surface area contributed by atoms with Gasteiger partial charge in [0.25, 0.3) is 0 Å². The Labute approximate surface area is 191 Å². The second-order valence-electron chi connectivity index (χ2n) is 7.93. The van der Waals surface area contributed by atoms with Crippen molar-refractivity contribution in [1.29, 1.82) is 0 Å². The van der Waals surface area contributed by atoms with Crippen LogP contribution in [-0.4, -0.2) is 52.2 Å². The SMILES string of the molecule is COC(=O)CCC/C=C/CC1C(O)C/C(=N/O)C1CCC(O)CSc1ccc(F)cc1F. The van der Waals surface area contributed by atoms with Gasteiger partial charge in [0.1, 0.15) is 11.6 Å². The van der Waals surface area contributed by atoms with Crippen LogP contribution in [-0.2, 0) is 9.53 Å². The number of methoxy groups -OCH3 is 1. The molecule has 0 saturated heterocycles. The summed E-state index contributed by atoms with van der Waals surface area (Å²) in [5.74, 6) is -1.61. The average Bonchev–Trinajstić information content (AvgIpc) is 3.08. The van der Waals surface area contributed by atoms with E-state index in [-0.39, 0.29) is 34.9 Å². The molecule has 1 aromatic rings. The fourth-order valence-electron chi connectivity index (χ4n) is 3.92. The third-order valence-corrected chi connectivity index (χ3v) is 6.87. The third-order valence-electron chi connectivity index (χ3n) is 5.68. The first-order valence-electron chi connectivity index (χ1n) is 10.7. The number of allylic oxidation sites excluding steroid dienone is 2. The molecule has 32 heavy (non-hydrogen) atoms. The molecule has 0 aliphatic heterocycles. The highest BCUT2D eigenvalue weighted by atomic mass is 32.2. The van der Waals surface area contributed by atoms with E-state index in [0.717, 1.165) is 24.2 Å². The fourth-order valence-corrected chi connectivity index (χ4v) is 4.82. The van der Waals surface area contributed by atoms with Gasteiger partial charge < -0.3 is 20.2 Å². The largest absolute Gasteiger partial charge is 0.469 e. The zero-order valence-corrected chi connectivity index (χ0v) is 18.9. The van der Waals surface area contributed by atoms with Gasteiger partial charge in [-0.1, -0.05) is 17.3 Å². The van der Waals surface area contributed by atoms with Crippen molar-refractivity contribution < 1.29 is 33.7 Å². The number of thioether (sulfide) groups is 1. The van der Waals surface area contributed by atoms with E-state index in [2.05, 4.69) is 9.89 Å². The van der Waals surface area contributed by atoms with Crippen molar-refractivity contribution >= 4 is 23.4 Å². The Hall–Kier alpha value is -1.97. The first kappa shape index (κ1) is 26.3. The van der Waals surface area contributed by atoms with Crippen LogP contribution in [0.3, 0.4) is 0 Å². The number of hydrogen-bond acceptors (Lipinski definition) is 7. The number of halogens is 2. The summed E-state index contributed by atoms with van der Waals surface area (Å²) in [6.45, 7) is 0. The van der Waals surface area contributed by atoms with Gasteiger partial charge in [-0.05, 0) is 50.2 Å². The number of aliphatic hydroxyl groups excluding tert-OH is 2. The Balaban J connectivity index is 1.83. The molecule has 4 unspecified atom stereocenters. The van der Waals surface area contributed by atoms with E-state index in [9.17, 15) is 29.0 Å². The van der Waals surface area contributed by atoms with Crippen LogP contribution in [0.1, 0.15) is 44.9 Å². The van der Waals surface area contributed by atoms with Gasteiger partial charge in [-0.15, -0.1) is 11.8 Å². The summed E-state index contributed by atoms with van der Waals surface area (Å²) in [4.78, 5) is 11.4. The maximum absolute atomic E-state index is 13.7. The van der Waals surface area contributed by atoms with Gasteiger partial charge in [0.2, 0.25) is 0 Å². The molecule has 1 fully saturated rings. The van der Waals surface area contributed by atoms with Gasteiger partial charge in [-0.25, -0.2) is 8.78 Å². The molecular formula is C23H31F2NO5S. The maximum Gasteiger partial charge on any atom is 0.305 e. The maximum atomic E-state index is 13.7. The van der Waals surface area contributed by atoms with Gasteiger partial charge in [0.15, 0.2) is 0 Å². The van der Waals surface area contributed by atoms with Crippen LogP contribution in [0.5, 0.6) is 0 Å². The second kappa shape index (κ2) is 13.5. The van der Waals surface area contributed by atoms with Crippen molar-refractivity contribution in [3.8, 4) is 0 Å². The average molecular weight is 472 g/mol. The number of esters is 1. The second-order valence-corrected chi connectivity index (χ2v) is 8.99. The van der Waals surface area contributed by atoms with E-state index < -0.39 is 23.8 Å². The number of ether oxygens (including phenoxy) is 1. The predicted molar refractivity (Wildman–Crippen MR) is 119 cm³/mol. The van der Waals surface area contributed by atoms with Crippen LogP contribution in [0.4, 0.5) is 8.78 Å². The fraction of sp³-hybridized carbons (Fsp3) is 0.565. The summed E-state index contributed by atoms with van der Waals surface area (Å²) in [6, 6.07) is 3.33. The zero-order valence-electron chi connectivity index (χ0n) is 18.1. The van der Waals surface area contributed by atoms with Crippen LogP contribution < -0.4 is 0 Å². The summed E-state index contributed by atoms with van der Waals surface area (Å²) in [5.41, 5.74) is 0.519. The highest BCUT2D eigenvalue weighted by Gasteiger charge is 2.39. The van der Waals surface area contributed by atoms with Crippen molar-refractivity contribution in [3.63, 3.8) is 0 Å². The number of hydrogen-bond donors (Lipinski definition) is 3. The molecule has 1 aliphatic rings. The van der Waals surface area contributed by atoms with Crippen LogP contribution in [0.15, 0.2) is 40.4 Å². The third kappa shape index (κ3) is 8.18. The number of nitrogens with zero attached hydrogens (tertiary/aromatic N) is 1. The number of carbonyl (C=O) groups excluding carboxylic acids is 1. The quantitative estimate of drug-likeness (QED) is 0.105. The van der Waals surface area contributed by atoms with Gasteiger partial charge >= 0.3 is 5.97 Å². The van der Waals surface area contributed by atoms with Crippen molar-refractivity contribution in [3.05, 3.63) is 42.0 Å². The highest BCUT2D eigenvalue weighted by molar-refractivity contribution is 7.99. The Bertz CT molecular complexity index is 805. The minimum atomic E-state index is -0.725. The van der Waals surface area contributed by atoms with Crippen LogP contribution in [0.2, 0.25) is 0 Å². The standard InChI is InChI=1S/C23H31F2NO5S/c1-31-23(29)7-5-3-2-4-6-18-17(20(26-30)13-21(18)28)10-9-16(27)14-32-22-11-8-15(24)12-19(22)25/h2,4,8,11-12,16-18,21,27-28,30H,3,5-7,9-10,13-14H2,1H3/b4-2+,26-20-. The molecule has 1 aliphatic carbocycles. The van der Waals surface area contributed by atoms with Crippen molar-refractivity contribution in [2.45, 2.75) is 62.0 Å². The summed E-state index contributed by atoms with van der Waals surface area (Å²) < 4.78 is 31.3. The smallest absolute Gasteiger partial charge is 0.305 e. The Kier molecular flexibility index (Phi) is 11.1. The molecule has 9 heteroatoms. The monoisotopic (exact) mass is 471 g/mol. The molecule has 0 aromatic heterocycles. The topological polar surface area (TPSA) is 99.4 Å². The van der Waals surface area contributed by atoms with Crippen molar-refractivity contribution in [1.82, 2.24) is 0 Å². The summed E-state index contributed by atoms with van der Waals surface area (Å²) in [6.07, 6.45) is 6.11. The summed E-state index contributed by atoms with van der Waals surface area (Å²) in [7, 11) is 1.36. The molecule has 0 amide bonds. The summed E-state index contributed by atoms with van der Waals surface area (Å²) >= 11 is 1.11. The Morgan fingerprint density at radius 2 is 2.16 bits per heavy atom. The molecule has 2 rings (SSSR count). The Morgan fingerprint density at radius 1 is 1.38 bits per heavy atom. The van der Waals surface area contributed by atoms with E-state index >= 15 is 0 Å². The lowest BCUT2D eigenvalue weighted by molar-refractivity contribution is -0.140. The van der Waals surface area contributed by atoms with E-state index in [1.54, 1.807) is 0 Å². The number of oxime groups is 1. The van der Waals surface area contributed by atoms with Crippen LogP contribution in [0, 0.1) is 23.5 Å². The van der Waals surface area contributed by atoms with E-state index in [0.29, 0.717) is 37.8 Å². The zero-order chi connectivity index (χ0) is 23.5. The number of benzene rings is 1. The first-order valence-corrected chi connectivity index (χ1v) is 11.7. The minimum Gasteiger partial charge on any atom is -0.469 e. The van der Waals surface area contributed by atoms with E-state index in [1.165, 1.54) is 19.2 Å². The van der Waals surface area contributed by atoms with Gasteiger partial charge in [-0.2, -0.15) is 0 Å². The lowest BCUT2D eigenvalue weighted by atomic mass is 9.86. The van der Waals surface area contributed by atoms with E-state index in [4.69, 9.17) is 0 Å². The first-order chi connectivity index (χ1) is 15.3. The molecule has 0 spiro atoms. The Morgan fingerprint density at radius 3 is 2.84 bits per heavy atom. The molecule has 0 heterocycles. The number of unbranched alkanes of at least 4 members (excludes halogenated alkanes) is 1. The molecule has 0 bridgehead atoms. The minimum absolute atomic E-state index is 0.132. The highest BCUT2D eigenvalue weighted by Crippen LogP contribution is 2.37. The van der Waals surface area contributed by atoms with Crippen LogP contribution in [0.25, 0.3) is 0 Å². The summed E-state index contributed by atoms with van der Waals surface area (Å²) in [5, 5.41) is 33.4. The van der Waals surface area contributed by atoms with Gasteiger partial charge in [0.05, 0.1) is 25.0 Å². The molecule has 4 atom stereocenters. The molecule has 0 radical (unpaired) electrons. The number of rotatable bonds is 12. The normalized spacial score (nSPS) is 23.2. The lowest BCUT2D eigenvalue weighted by Crippen LogP contribution is -2.22. The van der Waals surface area contributed by atoms with E-state index in [1.807, 2.05) is 12.2 Å².